The number of carbonyl (C=O) groups is 2. The number of rotatable bonds is 7. The van der Waals surface area contributed by atoms with E-state index < -0.39 is 0 Å². The van der Waals surface area contributed by atoms with Crippen LogP contribution < -0.4 is 14.8 Å². The van der Waals surface area contributed by atoms with E-state index in [0.29, 0.717) is 23.6 Å². The summed E-state index contributed by atoms with van der Waals surface area (Å²) < 4.78 is 10.5. The number of piperidine rings is 1. The quantitative estimate of drug-likeness (QED) is 0.710. The minimum atomic E-state index is -0.229. The predicted molar refractivity (Wildman–Crippen MR) is 117 cm³/mol. The van der Waals surface area contributed by atoms with Gasteiger partial charge in [-0.05, 0) is 61.2 Å². The zero-order chi connectivity index (χ0) is 21.3. The van der Waals surface area contributed by atoms with Crippen LogP contribution in [0.4, 0.5) is 0 Å². The second-order valence-corrected chi connectivity index (χ2v) is 7.21. The van der Waals surface area contributed by atoms with Gasteiger partial charge in [-0.1, -0.05) is 12.1 Å². The molecule has 1 aliphatic heterocycles. The SMILES string of the molecule is COc1ccc(OC)c(C=CC(=O)NCc2cccc(C(=O)N3CCCCC3)c2)c1. The predicted octanol–water partition coefficient (Wildman–Crippen LogP) is 3.66. The van der Waals surface area contributed by atoms with Crippen molar-refractivity contribution in [3.05, 3.63) is 65.2 Å². The fraction of sp³-hybridized carbons (Fsp3) is 0.333. The number of nitrogens with zero attached hydrogens (tertiary/aromatic N) is 1. The van der Waals surface area contributed by atoms with Crippen LogP contribution in [0.2, 0.25) is 0 Å². The third kappa shape index (κ3) is 5.63. The summed E-state index contributed by atoms with van der Waals surface area (Å²) >= 11 is 0. The molecule has 2 aromatic rings. The third-order valence-corrected chi connectivity index (χ3v) is 5.14. The van der Waals surface area contributed by atoms with E-state index in [1.807, 2.05) is 29.2 Å². The van der Waals surface area contributed by atoms with E-state index in [0.717, 1.165) is 37.1 Å². The van der Waals surface area contributed by atoms with Crippen molar-refractivity contribution < 1.29 is 19.1 Å². The van der Waals surface area contributed by atoms with E-state index >= 15 is 0 Å². The van der Waals surface area contributed by atoms with Gasteiger partial charge in [0.15, 0.2) is 0 Å². The summed E-state index contributed by atoms with van der Waals surface area (Å²) in [6.07, 6.45) is 6.45. The first-order valence-corrected chi connectivity index (χ1v) is 10.2. The molecule has 2 aromatic carbocycles. The molecule has 0 atom stereocenters. The number of methoxy groups -OCH3 is 2. The Morgan fingerprint density at radius 3 is 2.57 bits per heavy atom. The average Bonchev–Trinajstić information content (AvgIpc) is 2.81. The molecule has 0 radical (unpaired) electrons. The normalized spacial score (nSPS) is 13.9. The van der Waals surface area contributed by atoms with Crippen molar-refractivity contribution in [3.63, 3.8) is 0 Å². The second kappa shape index (κ2) is 10.5. The minimum absolute atomic E-state index is 0.0629. The van der Waals surface area contributed by atoms with Gasteiger partial charge in [0, 0.05) is 36.8 Å². The fourth-order valence-electron chi connectivity index (χ4n) is 3.48. The van der Waals surface area contributed by atoms with Crippen LogP contribution in [0, 0.1) is 0 Å². The third-order valence-electron chi connectivity index (χ3n) is 5.14. The van der Waals surface area contributed by atoms with Crippen LogP contribution in [0.1, 0.15) is 40.7 Å². The molecule has 6 nitrogen and oxygen atoms in total. The van der Waals surface area contributed by atoms with Gasteiger partial charge in [0.2, 0.25) is 5.91 Å². The van der Waals surface area contributed by atoms with Crippen molar-refractivity contribution in [1.29, 1.82) is 0 Å². The maximum absolute atomic E-state index is 12.7. The molecular weight excluding hydrogens is 380 g/mol. The number of likely N-dealkylation sites (tertiary alicyclic amines) is 1. The van der Waals surface area contributed by atoms with Gasteiger partial charge < -0.3 is 19.7 Å². The summed E-state index contributed by atoms with van der Waals surface area (Å²) in [6.45, 7) is 1.98. The Bertz CT molecular complexity index is 917. The van der Waals surface area contributed by atoms with Crippen LogP contribution in [0.3, 0.4) is 0 Å². The lowest BCUT2D eigenvalue weighted by atomic mass is 10.1. The number of hydrogen-bond acceptors (Lipinski definition) is 4. The van der Waals surface area contributed by atoms with E-state index in [9.17, 15) is 9.59 Å². The molecule has 6 heteroatoms. The summed E-state index contributed by atoms with van der Waals surface area (Å²) in [5.41, 5.74) is 2.31. The maximum atomic E-state index is 12.7. The van der Waals surface area contributed by atoms with Crippen molar-refractivity contribution in [2.24, 2.45) is 0 Å². The highest BCUT2D eigenvalue weighted by Gasteiger charge is 2.18. The standard InChI is InChI=1S/C24H28N2O4/c1-29-21-10-11-22(30-2)19(16-21)9-12-23(27)25-17-18-7-6-8-20(15-18)24(28)26-13-4-3-5-14-26/h6-12,15-16H,3-5,13-14,17H2,1-2H3,(H,25,27). The Balaban J connectivity index is 1.60. The smallest absolute Gasteiger partial charge is 0.253 e. The molecule has 30 heavy (non-hydrogen) atoms. The van der Waals surface area contributed by atoms with Crippen LogP contribution >= 0.6 is 0 Å². The molecule has 0 unspecified atom stereocenters. The summed E-state index contributed by atoms with van der Waals surface area (Å²) in [5, 5.41) is 2.86. The van der Waals surface area contributed by atoms with Crippen LogP contribution in [0.15, 0.2) is 48.5 Å². The highest BCUT2D eigenvalue weighted by Crippen LogP contribution is 2.25. The number of carbonyl (C=O) groups excluding carboxylic acids is 2. The topological polar surface area (TPSA) is 67.9 Å². The van der Waals surface area contributed by atoms with Crippen molar-refractivity contribution >= 4 is 17.9 Å². The first kappa shape index (κ1) is 21.4. The molecule has 2 amide bonds. The van der Waals surface area contributed by atoms with Gasteiger partial charge in [0.1, 0.15) is 11.5 Å². The number of hydrogen-bond donors (Lipinski definition) is 1. The van der Waals surface area contributed by atoms with Gasteiger partial charge >= 0.3 is 0 Å². The van der Waals surface area contributed by atoms with Gasteiger partial charge in [-0.25, -0.2) is 0 Å². The number of nitrogens with one attached hydrogen (secondary N) is 1. The summed E-state index contributed by atoms with van der Waals surface area (Å²) in [7, 11) is 3.17. The molecule has 0 aromatic heterocycles. The van der Waals surface area contributed by atoms with E-state index in [1.54, 1.807) is 38.5 Å². The Labute approximate surface area is 177 Å². The lowest BCUT2D eigenvalue weighted by molar-refractivity contribution is -0.116. The highest BCUT2D eigenvalue weighted by molar-refractivity contribution is 5.94. The zero-order valence-electron chi connectivity index (χ0n) is 17.5. The molecule has 0 spiro atoms. The minimum Gasteiger partial charge on any atom is -0.497 e. The molecule has 0 aliphatic carbocycles. The fourth-order valence-corrected chi connectivity index (χ4v) is 3.48. The molecule has 1 fully saturated rings. The van der Waals surface area contributed by atoms with Crippen LogP contribution in [0.25, 0.3) is 6.08 Å². The van der Waals surface area contributed by atoms with Crippen LogP contribution in [-0.4, -0.2) is 44.0 Å². The lowest BCUT2D eigenvalue weighted by Crippen LogP contribution is -2.35. The van der Waals surface area contributed by atoms with E-state index in [2.05, 4.69) is 5.32 Å². The van der Waals surface area contributed by atoms with Gasteiger partial charge in [0.05, 0.1) is 14.2 Å². The van der Waals surface area contributed by atoms with Gasteiger partial charge in [-0.15, -0.1) is 0 Å². The molecule has 1 saturated heterocycles. The summed E-state index contributed by atoms with van der Waals surface area (Å²) in [4.78, 5) is 26.8. The lowest BCUT2D eigenvalue weighted by Gasteiger charge is -2.26. The Morgan fingerprint density at radius 2 is 1.83 bits per heavy atom. The first-order chi connectivity index (χ1) is 14.6. The van der Waals surface area contributed by atoms with Gasteiger partial charge in [-0.2, -0.15) is 0 Å². The van der Waals surface area contributed by atoms with Crippen LogP contribution in [0.5, 0.6) is 11.5 Å². The Hall–Kier alpha value is -3.28. The molecular formula is C24H28N2O4. The molecule has 1 N–H and O–H groups in total. The largest absolute Gasteiger partial charge is 0.497 e. The van der Waals surface area contributed by atoms with Crippen molar-refractivity contribution in [1.82, 2.24) is 10.2 Å². The van der Waals surface area contributed by atoms with Gasteiger partial charge in [0.25, 0.3) is 5.91 Å². The average molecular weight is 408 g/mol. The van der Waals surface area contributed by atoms with E-state index in [4.69, 9.17) is 9.47 Å². The Morgan fingerprint density at radius 1 is 1.03 bits per heavy atom. The van der Waals surface area contributed by atoms with Crippen molar-refractivity contribution in [2.45, 2.75) is 25.8 Å². The van der Waals surface area contributed by atoms with E-state index in [-0.39, 0.29) is 11.8 Å². The van der Waals surface area contributed by atoms with Crippen LogP contribution in [-0.2, 0) is 11.3 Å². The summed E-state index contributed by atoms with van der Waals surface area (Å²) in [5.74, 6) is 1.18. The van der Waals surface area contributed by atoms with Crippen molar-refractivity contribution in [2.75, 3.05) is 27.3 Å². The maximum Gasteiger partial charge on any atom is 0.253 e. The Kier molecular flexibility index (Phi) is 7.49. The molecule has 1 aliphatic rings. The monoisotopic (exact) mass is 408 g/mol. The molecule has 0 bridgehead atoms. The molecule has 0 saturated carbocycles. The number of benzene rings is 2. The molecule has 1 heterocycles. The first-order valence-electron chi connectivity index (χ1n) is 10.2. The zero-order valence-corrected chi connectivity index (χ0v) is 17.5. The van der Waals surface area contributed by atoms with Gasteiger partial charge in [-0.3, -0.25) is 9.59 Å². The summed E-state index contributed by atoms with van der Waals surface area (Å²) in [6, 6.07) is 12.8. The number of amides is 2. The van der Waals surface area contributed by atoms with Crippen molar-refractivity contribution in [3.8, 4) is 11.5 Å². The highest BCUT2D eigenvalue weighted by atomic mass is 16.5. The molecule has 158 valence electrons. The van der Waals surface area contributed by atoms with E-state index in [1.165, 1.54) is 12.5 Å². The number of ether oxygens (including phenoxy) is 2. The second-order valence-electron chi connectivity index (χ2n) is 7.21. The molecule has 3 rings (SSSR count).